The molecule has 0 unspecified atom stereocenters. The summed E-state index contributed by atoms with van der Waals surface area (Å²) in [6.07, 6.45) is 0. The van der Waals surface area contributed by atoms with E-state index >= 15 is 0 Å². The third kappa shape index (κ3) is 4.68. The third-order valence-corrected chi connectivity index (χ3v) is 4.18. The molecule has 0 aliphatic carbocycles. The number of hydrogen-bond donors (Lipinski definition) is 1. The number of anilines is 1. The Kier molecular flexibility index (Phi) is 6.51. The van der Waals surface area contributed by atoms with E-state index < -0.39 is 23.4 Å². The maximum absolute atomic E-state index is 12.5. The first-order valence-electron chi connectivity index (χ1n) is 8.44. The van der Waals surface area contributed by atoms with Crippen LogP contribution in [0.15, 0.2) is 29.1 Å². The summed E-state index contributed by atoms with van der Waals surface area (Å²) in [6.45, 7) is 2.94. The minimum absolute atomic E-state index is 0.0379. The van der Waals surface area contributed by atoms with Gasteiger partial charge < -0.3 is 19.4 Å². The molecule has 9 nitrogen and oxygen atoms in total. The van der Waals surface area contributed by atoms with Crippen molar-refractivity contribution in [3.63, 3.8) is 0 Å². The van der Waals surface area contributed by atoms with Crippen molar-refractivity contribution in [3.8, 4) is 6.07 Å². The van der Waals surface area contributed by atoms with Gasteiger partial charge in [-0.25, -0.2) is 9.59 Å². The number of hydrogen-bond acceptors (Lipinski definition) is 7. The molecule has 1 aromatic carbocycles. The summed E-state index contributed by atoms with van der Waals surface area (Å²) in [5.41, 5.74) is 0.669. The Bertz CT molecular complexity index is 1060. The average Bonchev–Trinajstić information content (AvgIpc) is 2.69. The average molecular weight is 397 g/mol. The zero-order valence-corrected chi connectivity index (χ0v) is 16.4. The zero-order chi connectivity index (χ0) is 21.7. The number of amides is 1. The molecule has 2 rings (SSSR count). The van der Waals surface area contributed by atoms with E-state index in [1.54, 1.807) is 19.9 Å². The lowest BCUT2D eigenvalue weighted by atomic mass is 10.1. The summed E-state index contributed by atoms with van der Waals surface area (Å²) in [7, 11) is 2.37. The van der Waals surface area contributed by atoms with Crippen LogP contribution in [0.25, 0.3) is 0 Å². The Balaban J connectivity index is 2.36. The molecule has 1 N–H and O–H groups in total. The molecule has 1 aromatic heterocycles. The molecule has 0 aliphatic rings. The smallest absolute Gasteiger partial charge is 0.337 e. The highest BCUT2D eigenvalue weighted by atomic mass is 16.5. The van der Waals surface area contributed by atoms with Gasteiger partial charge in [-0.15, -0.1) is 0 Å². The summed E-state index contributed by atoms with van der Waals surface area (Å²) in [5.74, 6) is -1.98. The fourth-order valence-corrected chi connectivity index (χ4v) is 2.78. The second-order valence-electron chi connectivity index (χ2n) is 6.18. The zero-order valence-electron chi connectivity index (χ0n) is 16.4. The minimum atomic E-state index is -0.699. The van der Waals surface area contributed by atoms with E-state index in [-0.39, 0.29) is 28.9 Å². The summed E-state index contributed by atoms with van der Waals surface area (Å²) in [5, 5.41) is 11.7. The molecule has 0 atom stereocenters. The van der Waals surface area contributed by atoms with E-state index in [4.69, 9.17) is 5.26 Å². The Morgan fingerprint density at radius 2 is 1.59 bits per heavy atom. The second kappa shape index (κ2) is 8.84. The van der Waals surface area contributed by atoms with Crippen LogP contribution in [0.4, 0.5) is 5.69 Å². The van der Waals surface area contributed by atoms with Crippen molar-refractivity contribution >= 4 is 23.5 Å². The van der Waals surface area contributed by atoms with Crippen molar-refractivity contribution in [2.45, 2.75) is 20.4 Å². The number of carbonyl (C=O) groups excluding carboxylic acids is 3. The van der Waals surface area contributed by atoms with Gasteiger partial charge in [0.1, 0.15) is 18.2 Å². The van der Waals surface area contributed by atoms with Crippen LogP contribution in [0.1, 0.15) is 37.5 Å². The third-order valence-electron chi connectivity index (χ3n) is 4.18. The van der Waals surface area contributed by atoms with E-state index in [1.165, 1.54) is 37.0 Å². The number of pyridine rings is 1. The van der Waals surface area contributed by atoms with Crippen LogP contribution >= 0.6 is 0 Å². The maximum atomic E-state index is 12.5. The molecule has 0 spiro atoms. The van der Waals surface area contributed by atoms with Crippen LogP contribution in [0.5, 0.6) is 0 Å². The highest BCUT2D eigenvalue weighted by Gasteiger charge is 2.17. The number of methoxy groups -OCH3 is 2. The van der Waals surface area contributed by atoms with Gasteiger partial charge >= 0.3 is 11.9 Å². The number of benzene rings is 1. The molecule has 0 fully saturated rings. The molecule has 0 radical (unpaired) electrons. The summed E-state index contributed by atoms with van der Waals surface area (Å²) in [6, 6.07) is 7.43. The molecule has 0 aliphatic heterocycles. The molecule has 0 bridgehead atoms. The van der Waals surface area contributed by atoms with E-state index in [2.05, 4.69) is 14.8 Å². The lowest BCUT2D eigenvalue weighted by molar-refractivity contribution is -0.116. The fourth-order valence-electron chi connectivity index (χ4n) is 2.78. The Morgan fingerprint density at radius 3 is 2.07 bits per heavy atom. The largest absolute Gasteiger partial charge is 0.465 e. The molecular formula is C20H19N3O6. The number of aromatic nitrogens is 1. The molecule has 150 valence electrons. The van der Waals surface area contributed by atoms with Crippen LogP contribution < -0.4 is 10.9 Å². The Morgan fingerprint density at radius 1 is 1.03 bits per heavy atom. The number of nitrogens with one attached hydrogen (secondary N) is 1. The predicted octanol–water partition coefficient (Wildman–Crippen LogP) is 1.55. The molecule has 29 heavy (non-hydrogen) atoms. The van der Waals surface area contributed by atoms with Crippen molar-refractivity contribution in [1.82, 2.24) is 4.57 Å². The number of nitriles is 1. The monoisotopic (exact) mass is 397 g/mol. The van der Waals surface area contributed by atoms with Gasteiger partial charge in [-0.2, -0.15) is 5.26 Å². The van der Waals surface area contributed by atoms with E-state index in [0.29, 0.717) is 11.3 Å². The van der Waals surface area contributed by atoms with Crippen LogP contribution in [0, 0.1) is 25.2 Å². The standard InChI is InChI=1S/C20H19N3O6/c1-11-5-12(2)23(18(25)16(11)9-21)10-17(24)22-15-7-13(19(26)28-3)6-14(8-15)20(27)29-4/h5-8H,10H2,1-4H3,(H,22,24). The van der Waals surface area contributed by atoms with Crippen molar-refractivity contribution in [1.29, 1.82) is 5.26 Å². The van der Waals surface area contributed by atoms with Gasteiger partial charge in [-0.05, 0) is 43.7 Å². The van der Waals surface area contributed by atoms with Crippen LogP contribution in [0.3, 0.4) is 0 Å². The normalized spacial score (nSPS) is 10.0. The highest BCUT2D eigenvalue weighted by Crippen LogP contribution is 2.17. The molecule has 1 heterocycles. The lowest BCUT2D eigenvalue weighted by Crippen LogP contribution is -2.31. The van der Waals surface area contributed by atoms with Crippen LogP contribution in [-0.2, 0) is 20.8 Å². The number of carbonyl (C=O) groups is 3. The van der Waals surface area contributed by atoms with Gasteiger partial charge in [0.25, 0.3) is 5.56 Å². The molecule has 1 amide bonds. The van der Waals surface area contributed by atoms with Crippen molar-refractivity contribution in [2.75, 3.05) is 19.5 Å². The molecule has 9 heteroatoms. The molecule has 0 saturated carbocycles. The van der Waals surface area contributed by atoms with Gasteiger partial charge in [0.15, 0.2) is 0 Å². The quantitative estimate of drug-likeness (QED) is 0.758. The summed E-state index contributed by atoms with van der Waals surface area (Å²) in [4.78, 5) is 48.6. The SMILES string of the molecule is COC(=O)c1cc(NC(=O)Cn2c(C)cc(C)c(C#N)c2=O)cc(C(=O)OC)c1. The number of esters is 2. The fraction of sp³-hybridized carbons (Fsp3) is 0.250. The van der Waals surface area contributed by atoms with Crippen LogP contribution in [0.2, 0.25) is 0 Å². The van der Waals surface area contributed by atoms with Gasteiger partial charge in [0, 0.05) is 11.4 Å². The maximum Gasteiger partial charge on any atom is 0.337 e. The van der Waals surface area contributed by atoms with Gasteiger partial charge in [0.05, 0.1) is 25.3 Å². The van der Waals surface area contributed by atoms with E-state index in [1.807, 2.05) is 6.07 Å². The molecule has 0 saturated heterocycles. The van der Waals surface area contributed by atoms with Crippen molar-refractivity contribution in [3.05, 3.63) is 62.6 Å². The number of rotatable bonds is 5. The Labute approximate surface area is 166 Å². The first-order chi connectivity index (χ1) is 13.7. The highest BCUT2D eigenvalue weighted by molar-refractivity contribution is 5.99. The number of ether oxygens (including phenoxy) is 2. The van der Waals surface area contributed by atoms with Crippen LogP contribution in [-0.4, -0.2) is 36.6 Å². The topological polar surface area (TPSA) is 127 Å². The first kappa shape index (κ1) is 21.4. The van der Waals surface area contributed by atoms with Crippen molar-refractivity contribution in [2.24, 2.45) is 0 Å². The van der Waals surface area contributed by atoms with Gasteiger partial charge in [0.2, 0.25) is 5.91 Å². The van der Waals surface area contributed by atoms with Gasteiger partial charge in [-0.1, -0.05) is 0 Å². The van der Waals surface area contributed by atoms with E-state index in [9.17, 15) is 19.2 Å². The van der Waals surface area contributed by atoms with Gasteiger partial charge in [-0.3, -0.25) is 9.59 Å². The number of nitrogens with zero attached hydrogens (tertiary/aromatic N) is 2. The second-order valence-corrected chi connectivity index (χ2v) is 6.18. The Hall–Kier alpha value is -3.93. The van der Waals surface area contributed by atoms with E-state index in [0.717, 1.165) is 0 Å². The summed E-state index contributed by atoms with van der Waals surface area (Å²) >= 11 is 0. The lowest BCUT2D eigenvalue weighted by Gasteiger charge is -2.13. The molecule has 2 aromatic rings. The predicted molar refractivity (Wildman–Crippen MR) is 103 cm³/mol. The molecular weight excluding hydrogens is 378 g/mol. The summed E-state index contributed by atoms with van der Waals surface area (Å²) < 4.78 is 10.5. The first-order valence-corrected chi connectivity index (χ1v) is 8.44. The minimum Gasteiger partial charge on any atom is -0.465 e. The number of aryl methyl sites for hydroxylation is 2. The van der Waals surface area contributed by atoms with Crippen molar-refractivity contribution < 1.29 is 23.9 Å².